The molecular formula is C26H22ClNO4. The Morgan fingerprint density at radius 1 is 1.00 bits per heavy atom. The van der Waals surface area contributed by atoms with E-state index in [1.807, 2.05) is 56.3 Å². The van der Waals surface area contributed by atoms with Crippen LogP contribution in [0.15, 0.2) is 72.3 Å². The predicted octanol–water partition coefficient (Wildman–Crippen LogP) is 5.59. The SMILES string of the molecule is COc1ccc(/C(O)=C2/C(=O)C(=O)N(c3ccccc3C)C2c2cccc(C)c2)cc1Cl. The van der Waals surface area contributed by atoms with Gasteiger partial charge in [-0.15, -0.1) is 0 Å². The summed E-state index contributed by atoms with van der Waals surface area (Å²) < 4.78 is 5.18. The lowest BCUT2D eigenvalue weighted by molar-refractivity contribution is -0.132. The molecule has 5 nitrogen and oxygen atoms in total. The van der Waals surface area contributed by atoms with Crippen LogP contribution in [0, 0.1) is 13.8 Å². The molecule has 1 aliphatic heterocycles. The van der Waals surface area contributed by atoms with Gasteiger partial charge in [0, 0.05) is 11.3 Å². The van der Waals surface area contributed by atoms with Crippen LogP contribution in [0.5, 0.6) is 5.75 Å². The van der Waals surface area contributed by atoms with Crippen LogP contribution in [0.25, 0.3) is 5.76 Å². The summed E-state index contributed by atoms with van der Waals surface area (Å²) in [5.41, 5.74) is 3.52. The molecule has 3 aromatic carbocycles. The van der Waals surface area contributed by atoms with Gasteiger partial charge in [-0.1, -0.05) is 59.6 Å². The summed E-state index contributed by atoms with van der Waals surface area (Å²) in [4.78, 5) is 27.9. The summed E-state index contributed by atoms with van der Waals surface area (Å²) >= 11 is 6.24. The average Bonchev–Trinajstić information content (AvgIpc) is 3.04. The first kappa shape index (κ1) is 21.7. The number of hydrogen-bond acceptors (Lipinski definition) is 4. The Balaban J connectivity index is 1.97. The number of ether oxygens (including phenoxy) is 1. The standard InChI is InChI=1S/C26H22ClNO4/c1-15-7-6-9-17(13-15)23-22(24(29)18-11-12-21(32-3)19(27)14-18)25(30)26(31)28(23)20-10-5-4-8-16(20)2/h4-14,23,29H,1-3H3/b24-22-. The van der Waals surface area contributed by atoms with E-state index in [-0.39, 0.29) is 16.4 Å². The number of benzene rings is 3. The molecule has 1 saturated heterocycles. The Morgan fingerprint density at radius 3 is 2.41 bits per heavy atom. The van der Waals surface area contributed by atoms with Crippen LogP contribution < -0.4 is 9.64 Å². The molecule has 0 bridgehead atoms. The number of carbonyl (C=O) groups is 2. The molecule has 0 aromatic heterocycles. The Labute approximate surface area is 191 Å². The number of aryl methyl sites for hydroxylation is 2. The number of methoxy groups -OCH3 is 1. The van der Waals surface area contributed by atoms with Crippen LogP contribution in [-0.2, 0) is 9.59 Å². The van der Waals surface area contributed by atoms with Gasteiger partial charge in [0.25, 0.3) is 11.7 Å². The lowest BCUT2D eigenvalue weighted by Gasteiger charge is -2.27. The largest absolute Gasteiger partial charge is 0.507 e. The maximum absolute atomic E-state index is 13.2. The van der Waals surface area contributed by atoms with Gasteiger partial charge in [-0.3, -0.25) is 14.5 Å². The highest BCUT2D eigenvalue weighted by atomic mass is 35.5. The number of ketones is 1. The highest BCUT2D eigenvalue weighted by Crippen LogP contribution is 2.43. The van der Waals surface area contributed by atoms with E-state index in [9.17, 15) is 14.7 Å². The number of anilines is 1. The lowest BCUT2D eigenvalue weighted by atomic mass is 9.94. The van der Waals surface area contributed by atoms with Crippen molar-refractivity contribution in [1.82, 2.24) is 0 Å². The molecule has 1 fully saturated rings. The van der Waals surface area contributed by atoms with Gasteiger partial charge in [-0.2, -0.15) is 0 Å². The number of halogens is 1. The van der Waals surface area contributed by atoms with E-state index in [0.29, 0.717) is 17.0 Å². The number of nitrogens with zero attached hydrogens (tertiary/aromatic N) is 1. The fourth-order valence-electron chi connectivity index (χ4n) is 4.04. The molecule has 0 saturated carbocycles. The number of amides is 1. The van der Waals surface area contributed by atoms with Crippen LogP contribution in [0.2, 0.25) is 5.02 Å². The monoisotopic (exact) mass is 447 g/mol. The Kier molecular flexibility index (Phi) is 5.76. The van der Waals surface area contributed by atoms with Gasteiger partial charge in [0.1, 0.15) is 11.5 Å². The molecule has 0 aliphatic carbocycles. The molecule has 1 N–H and O–H groups in total. The second-order valence-corrected chi connectivity index (χ2v) is 8.13. The van der Waals surface area contributed by atoms with Gasteiger partial charge >= 0.3 is 0 Å². The number of aliphatic hydroxyl groups excluding tert-OH is 1. The topological polar surface area (TPSA) is 66.8 Å². The summed E-state index contributed by atoms with van der Waals surface area (Å²) in [5, 5.41) is 11.5. The van der Waals surface area contributed by atoms with Crippen molar-refractivity contribution in [2.45, 2.75) is 19.9 Å². The highest BCUT2D eigenvalue weighted by Gasteiger charge is 2.47. The lowest BCUT2D eigenvalue weighted by Crippen LogP contribution is -2.30. The molecule has 4 rings (SSSR count). The Hall–Kier alpha value is -3.57. The first-order valence-electron chi connectivity index (χ1n) is 10.1. The zero-order chi connectivity index (χ0) is 23.0. The van der Waals surface area contributed by atoms with Gasteiger partial charge in [0.2, 0.25) is 0 Å². The van der Waals surface area contributed by atoms with Crippen molar-refractivity contribution in [3.05, 3.63) is 99.6 Å². The second kappa shape index (κ2) is 8.52. The Morgan fingerprint density at radius 2 is 1.75 bits per heavy atom. The van der Waals surface area contributed by atoms with Crippen LogP contribution in [0.3, 0.4) is 0 Å². The summed E-state index contributed by atoms with van der Waals surface area (Å²) in [7, 11) is 1.49. The third-order valence-corrected chi connectivity index (χ3v) is 5.90. The fraction of sp³-hybridized carbons (Fsp3) is 0.154. The summed E-state index contributed by atoms with van der Waals surface area (Å²) in [5.74, 6) is -1.27. The van der Waals surface area contributed by atoms with E-state index < -0.39 is 17.7 Å². The zero-order valence-corrected chi connectivity index (χ0v) is 18.7. The molecule has 3 aromatic rings. The quantitative estimate of drug-likeness (QED) is 0.321. The number of Topliss-reactive ketones (excluding diaryl/α,β-unsaturated/α-hetero) is 1. The minimum Gasteiger partial charge on any atom is -0.507 e. The molecule has 1 unspecified atom stereocenters. The smallest absolute Gasteiger partial charge is 0.300 e. The number of aliphatic hydroxyl groups is 1. The maximum Gasteiger partial charge on any atom is 0.300 e. The molecular weight excluding hydrogens is 426 g/mol. The van der Waals surface area contributed by atoms with E-state index in [1.165, 1.54) is 18.1 Å². The highest BCUT2D eigenvalue weighted by molar-refractivity contribution is 6.51. The van der Waals surface area contributed by atoms with Gasteiger partial charge in [-0.05, 0) is 49.2 Å². The molecule has 6 heteroatoms. The van der Waals surface area contributed by atoms with Gasteiger partial charge < -0.3 is 9.84 Å². The van der Waals surface area contributed by atoms with Crippen molar-refractivity contribution in [2.24, 2.45) is 0 Å². The molecule has 1 heterocycles. The zero-order valence-electron chi connectivity index (χ0n) is 17.9. The first-order chi connectivity index (χ1) is 15.3. The molecule has 1 atom stereocenters. The normalized spacial score (nSPS) is 17.6. The molecule has 0 radical (unpaired) electrons. The van der Waals surface area contributed by atoms with Crippen LogP contribution in [0.1, 0.15) is 28.3 Å². The fourth-order valence-corrected chi connectivity index (χ4v) is 4.30. The van der Waals surface area contributed by atoms with Gasteiger partial charge in [0.05, 0.1) is 23.7 Å². The minimum absolute atomic E-state index is 0.0186. The van der Waals surface area contributed by atoms with Crippen molar-refractivity contribution in [3.63, 3.8) is 0 Å². The summed E-state index contributed by atoms with van der Waals surface area (Å²) in [6.45, 7) is 3.82. The second-order valence-electron chi connectivity index (χ2n) is 7.72. The van der Waals surface area contributed by atoms with Gasteiger partial charge in [0.15, 0.2) is 0 Å². The summed E-state index contributed by atoms with van der Waals surface area (Å²) in [6.07, 6.45) is 0. The third-order valence-electron chi connectivity index (χ3n) is 5.60. The molecule has 1 amide bonds. The molecule has 1 aliphatic rings. The number of carbonyl (C=O) groups excluding carboxylic acids is 2. The minimum atomic E-state index is -0.781. The van der Waals surface area contributed by atoms with Crippen molar-refractivity contribution in [2.75, 3.05) is 12.0 Å². The summed E-state index contributed by atoms with van der Waals surface area (Å²) in [6, 6.07) is 18.9. The molecule has 0 spiro atoms. The van der Waals surface area contributed by atoms with E-state index in [4.69, 9.17) is 16.3 Å². The molecule has 162 valence electrons. The van der Waals surface area contributed by atoms with Crippen molar-refractivity contribution >= 4 is 34.7 Å². The number of para-hydroxylation sites is 1. The van der Waals surface area contributed by atoms with E-state index in [1.54, 1.807) is 18.2 Å². The van der Waals surface area contributed by atoms with E-state index >= 15 is 0 Å². The first-order valence-corrected chi connectivity index (χ1v) is 10.5. The number of hydrogen-bond donors (Lipinski definition) is 1. The van der Waals surface area contributed by atoms with E-state index in [2.05, 4.69) is 0 Å². The number of rotatable bonds is 4. The van der Waals surface area contributed by atoms with Crippen molar-refractivity contribution < 1.29 is 19.4 Å². The van der Waals surface area contributed by atoms with E-state index in [0.717, 1.165) is 16.7 Å². The maximum atomic E-state index is 13.2. The van der Waals surface area contributed by atoms with Crippen LogP contribution >= 0.6 is 11.6 Å². The van der Waals surface area contributed by atoms with Crippen molar-refractivity contribution in [1.29, 1.82) is 0 Å². The predicted molar refractivity (Wildman–Crippen MR) is 125 cm³/mol. The third kappa shape index (κ3) is 3.65. The Bertz CT molecular complexity index is 1260. The average molecular weight is 448 g/mol. The van der Waals surface area contributed by atoms with Crippen molar-refractivity contribution in [3.8, 4) is 5.75 Å². The van der Waals surface area contributed by atoms with Crippen LogP contribution in [0.4, 0.5) is 5.69 Å². The van der Waals surface area contributed by atoms with Gasteiger partial charge in [-0.25, -0.2) is 0 Å². The van der Waals surface area contributed by atoms with Crippen LogP contribution in [-0.4, -0.2) is 23.9 Å². The molecule has 32 heavy (non-hydrogen) atoms.